The van der Waals surface area contributed by atoms with Gasteiger partial charge in [0.1, 0.15) is 0 Å². The Hall–Kier alpha value is -2.00. The molecule has 0 radical (unpaired) electrons. The number of rotatable bonds is 7. The Labute approximate surface area is 126 Å². The third-order valence-electron chi connectivity index (χ3n) is 3.45. The summed E-state index contributed by atoms with van der Waals surface area (Å²) in [6.45, 7) is 3.91. The number of hydrogen-bond donors (Lipinski definition) is 1. The minimum atomic E-state index is 0.765. The van der Waals surface area contributed by atoms with E-state index in [0.29, 0.717) is 0 Å². The van der Waals surface area contributed by atoms with Crippen molar-refractivity contribution in [3.63, 3.8) is 0 Å². The van der Waals surface area contributed by atoms with Gasteiger partial charge < -0.3 is 14.8 Å². The van der Waals surface area contributed by atoms with Gasteiger partial charge in [0.05, 0.1) is 14.2 Å². The van der Waals surface area contributed by atoms with Crippen molar-refractivity contribution in [2.45, 2.75) is 19.9 Å². The van der Waals surface area contributed by atoms with E-state index in [0.717, 1.165) is 31.0 Å². The maximum absolute atomic E-state index is 5.31. The standard InChI is InChI=1S/C18H23NO2/c1-14-5-4-6-15(11-14)9-10-19-13-16-7-8-17(20-2)18(12-16)21-3/h4-8,11-12,19H,9-10,13H2,1-3H3. The van der Waals surface area contributed by atoms with Crippen LogP contribution in [0.25, 0.3) is 0 Å². The molecule has 2 aromatic rings. The number of hydrogen-bond acceptors (Lipinski definition) is 3. The van der Waals surface area contributed by atoms with Crippen LogP contribution in [0.1, 0.15) is 16.7 Å². The van der Waals surface area contributed by atoms with Crippen molar-refractivity contribution in [1.82, 2.24) is 5.32 Å². The Morgan fingerprint density at radius 3 is 2.43 bits per heavy atom. The average Bonchev–Trinajstić information content (AvgIpc) is 2.51. The molecule has 21 heavy (non-hydrogen) atoms. The van der Waals surface area contributed by atoms with Crippen molar-refractivity contribution in [2.24, 2.45) is 0 Å². The van der Waals surface area contributed by atoms with Gasteiger partial charge in [-0.3, -0.25) is 0 Å². The highest BCUT2D eigenvalue weighted by atomic mass is 16.5. The topological polar surface area (TPSA) is 30.5 Å². The first-order valence-electron chi connectivity index (χ1n) is 7.20. The minimum Gasteiger partial charge on any atom is -0.493 e. The van der Waals surface area contributed by atoms with Crippen LogP contribution < -0.4 is 14.8 Å². The minimum absolute atomic E-state index is 0.765. The lowest BCUT2D eigenvalue weighted by atomic mass is 10.1. The Balaban J connectivity index is 1.83. The average molecular weight is 285 g/mol. The van der Waals surface area contributed by atoms with Crippen LogP contribution in [0.3, 0.4) is 0 Å². The van der Waals surface area contributed by atoms with Gasteiger partial charge in [-0.25, -0.2) is 0 Å². The zero-order valence-corrected chi connectivity index (χ0v) is 13.0. The Morgan fingerprint density at radius 1 is 0.905 bits per heavy atom. The molecule has 0 bridgehead atoms. The summed E-state index contributed by atoms with van der Waals surface area (Å²) < 4.78 is 10.6. The van der Waals surface area contributed by atoms with Crippen LogP contribution in [0, 0.1) is 6.92 Å². The van der Waals surface area contributed by atoms with Gasteiger partial charge in [-0.2, -0.15) is 0 Å². The number of benzene rings is 2. The molecular formula is C18H23NO2. The van der Waals surface area contributed by atoms with E-state index >= 15 is 0 Å². The second kappa shape index (κ2) is 7.70. The summed E-state index contributed by atoms with van der Waals surface area (Å²) in [4.78, 5) is 0. The molecule has 2 aromatic carbocycles. The van der Waals surface area contributed by atoms with Crippen LogP contribution in [0.4, 0.5) is 0 Å². The van der Waals surface area contributed by atoms with Crippen LogP contribution in [-0.2, 0) is 13.0 Å². The first-order valence-corrected chi connectivity index (χ1v) is 7.20. The van der Waals surface area contributed by atoms with Crippen LogP contribution >= 0.6 is 0 Å². The smallest absolute Gasteiger partial charge is 0.161 e. The lowest BCUT2D eigenvalue weighted by molar-refractivity contribution is 0.354. The van der Waals surface area contributed by atoms with E-state index in [9.17, 15) is 0 Å². The fraction of sp³-hybridized carbons (Fsp3) is 0.333. The molecule has 3 heteroatoms. The summed E-state index contributed by atoms with van der Waals surface area (Å²) in [5, 5.41) is 3.46. The Kier molecular flexibility index (Phi) is 5.64. The van der Waals surface area contributed by atoms with Crippen LogP contribution in [-0.4, -0.2) is 20.8 Å². The predicted molar refractivity (Wildman–Crippen MR) is 86.1 cm³/mol. The van der Waals surface area contributed by atoms with Crippen molar-refractivity contribution < 1.29 is 9.47 Å². The SMILES string of the molecule is COc1ccc(CNCCc2cccc(C)c2)cc1OC. The van der Waals surface area contributed by atoms with Crippen LogP contribution in [0.5, 0.6) is 11.5 Å². The molecule has 0 amide bonds. The Morgan fingerprint density at radius 2 is 1.71 bits per heavy atom. The van der Waals surface area contributed by atoms with Crippen LogP contribution in [0.2, 0.25) is 0 Å². The predicted octanol–water partition coefficient (Wildman–Crippen LogP) is 3.34. The molecular weight excluding hydrogens is 262 g/mol. The molecule has 0 aliphatic rings. The first-order chi connectivity index (χ1) is 10.2. The quantitative estimate of drug-likeness (QED) is 0.791. The highest BCUT2D eigenvalue weighted by Crippen LogP contribution is 2.27. The third kappa shape index (κ3) is 4.50. The molecule has 0 aromatic heterocycles. The summed E-state index contributed by atoms with van der Waals surface area (Å²) in [5.41, 5.74) is 3.87. The fourth-order valence-electron chi connectivity index (χ4n) is 2.32. The molecule has 0 aliphatic heterocycles. The van der Waals surface area contributed by atoms with Gasteiger partial charge >= 0.3 is 0 Å². The number of ether oxygens (including phenoxy) is 2. The lowest BCUT2D eigenvalue weighted by Gasteiger charge is -2.10. The molecule has 0 unspecified atom stereocenters. The van der Waals surface area contributed by atoms with E-state index < -0.39 is 0 Å². The number of nitrogens with one attached hydrogen (secondary N) is 1. The fourth-order valence-corrected chi connectivity index (χ4v) is 2.32. The molecule has 0 aliphatic carbocycles. The van der Waals surface area contributed by atoms with Crippen molar-refractivity contribution in [2.75, 3.05) is 20.8 Å². The van der Waals surface area contributed by atoms with Crippen LogP contribution in [0.15, 0.2) is 42.5 Å². The van der Waals surface area contributed by atoms with Gasteiger partial charge in [0.25, 0.3) is 0 Å². The van der Waals surface area contributed by atoms with Gasteiger partial charge in [0.15, 0.2) is 11.5 Å². The lowest BCUT2D eigenvalue weighted by Crippen LogP contribution is -2.16. The molecule has 112 valence electrons. The Bertz CT molecular complexity index is 581. The number of aryl methyl sites for hydroxylation is 1. The molecule has 1 N–H and O–H groups in total. The summed E-state index contributed by atoms with van der Waals surface area (Å²) in [7, 11) is 3.31. The second-order valence-corrected chi connectivity index (χ2v) is 5.11. The first kappa shape index (κ1) is 15.4. The molecule has 2 rings (SSSR count). The monoisotopic (exact) mass is 285 g/mol. The maximum Gasteiger partial charge on any atom is 0.161 e. The third-order valence-corrected chi connectivity index (χ3v) is 3.45. The van der Waals surface area contributed by atoms with Crippen molar-refractivity contribution in [3.8, 4) is 11.5 Å². The molecule has 0 fully saturated rings. The van der Waals surface area contributed by atoms with Crippen molar-refractivity contribution in [3.05, 3.63) is 59.2 Å². The molecule has 0 atom stereocenters. The molecule has 0 saturated heterocycles. The van der Waals surface area contributed by atoms with E-state index in [1.165, 1.54) is 16.7 Å². The largest absolute Gasteiger partial charge is 0.493 e. The molecule has 0 spiro atoms. The van der Waals surface area contributed by atoms with E-state index in [-0.39, 0.29) is 0 Å². The van der Waals surface area contributed by atoms with Crippen molar-refractivity contribution in [1.29, 1.82) is 0 Å². The highest BCUT2D eigenvalue weighted by molar-refractivity contribution is 5.42. The van der Waals surface area contributed by atoms with Gasteiger partial charge in [-0.1, -0.05) is 35.9 Å². The van der Waals surface area contributed by atoms with E-state index in [2.05, 4.69) is 42.6 Å². The van der Waals surface area contributed by atoms with Gasteiger partial charge in [-0.05, 0) is 43.1 Å². The zero-order valence-electron chi connectivity index (χ0n) is 13.0. The van der Waals surface area contributed by atoms with E-state index in [4.69, 9.17) is 9.47 Å². The van der Waals surface area contributed by atoms with Gasteiger partial charge in [-0.15, -0.1) is 0 Å². The molecule has 0 heterocycles. The number of methoxy groups -OCH3 is 2. The summed E-state index contributed by atoms with van der Waals surface area (Å²) in [5.74, 6) is 1.54. The summed E-state index contributed by atoms with van der Waals surface area (Å²) in [6, 6.07) is 14.7. The second-order valence-electron chi connectivity index (χ2n) is 5.11. The normalized spacial score (nSPS) is 10.4. The van der Waals surface area contributed by atoms with E-state index in [1.807, 2.05) is 12.1 Å². The highest BCUT2D eigenvalue weighted by Gasteiger charge is 2.04. The zero-order chi connectivity index (χ0) is 15.1. The van der Waals surface area contributed by atoms with Gasteiger partial charge in [0.2, 0.25) is 0 Å². The molecule has 0 saturated carbocycles. The van der Waals surface area contributed by atoms with E-state index in [1.54, 1.807) is 14.2 Å². The summed E-state index contributed by atoms with van der Waals surface area (Å²) >= 11 is 0. The maximum atomic E-state index is 5.31. The molecule has 3 nitrogen and oxygen atoms in total. The summed E-state index contributed by atoms with van der Waals surface area (Å²) in [6.07, 6.45) is 1.04. The van der Waals surface area contributed by atoms with Crippen molar-refractivity contribution >= 4 is 0 Å². The van der Waals surface area contributed by atoms with Gasteiger partial charge in [0, 0.05) is 6.54 Å².